The molecule has 0 radical (unpaired) electrons. The highest BCUT2D eigenvalue weighted by molar-refractivity contribution is 6.06. The van der Waals surface area contributed by atoms with Crippen molar-refractivity contribution < 1.29 is 18.7 Å². The van der Waals surface area contributed by atoms with E-state index in [1.54, 1.807) is 4.90 Å². The Labute approximate surface area is 174 Å². The molecule has 6 heteroatoms. The lowest BCUT2D eigenvalue weighted by Crippen LogP contribution is -2.32. The first-order valence-electron chi connectivity index (χ1n) is 9.66. The van der Waals surface area contributed by atoms with Crippen LogP contribution in [0.1, 0.15) is 21.5 Å². The number of benzene rings is 3. The summed E-state index contributed by atoms with van der Waals surface area (Å²) in [5, 5.41) is 0. The van der Waals surface area contributed by atoms with Gasteiger partial charge in [0.05, 0.1) is 18.4 Å². The van der Waals surface area contributed by atoms with E-state index in [-0.39, 0.29) is 17.3 Å². The number of ether oxygens (including phenoxy) is 1. The lowest BCUT2D eigenvalue weighted by atomic mass is 10.0. The molecule has 3 aromatic rings. The SMILES string of the molecule is COC(=O)c1ccc(N2CCN(c3cccc(Cc4ccccc4)c3)C2=O)c(F)c1. The van der Waals surface area contributed by atoms with Crippen LogP contribution in [0.2, 0.25) is 0 Å². The number of methoxy groups -OCH3 is 1. The number of carbonyl (C=O) groups excluding carboxylic acids is 2. The summed E-state index contributed by atoms with van der Waals surface area (Å²) in [5.74, 6) is -1.25. The summed E-state index contributed by atoms with van der Waals surface area (Å²) < 4.78 is 19.2. The smallest absolute Gasteiger partial charge is 0.337 e. The number of carbonyl (C=O) groups is 2. The van der Waals surface area contributed by atoms with Gasteiger partial charge in [-0.1, -0.05) is 42.5 Å². The van der Waals surface area contributed by atoms with Crippen LogP contribution in [0.15, 0.2) is 72.8 Å². The molecule has 4 rings (SSSR count). The number of halogens is 1. The fraction of sp³-hybridized carbons (Fsp3) is 0.167. The van der Waals surface area contributed by atoms with Crippen LogP contribution >= 0.6 is 0 Å². The summed E-state index contributed by atoms with van der Waals surface area (Å²) in [6.45, 7) is 0.808. The molecule has 0 spiro atoms. The second kappa shape index (κ2) is 8.37. The molecule has 0 bridgehead atoms. The van der Waals surface area contributed by atoms with Gasteiger partial charge >= 0.3 is 12.0 Å². The standard InChI is InChI=1S/C24H21FN2O3/c1-30-23(28)19-10-11-22(21(25)16-19)27-13-12-26(24(27)29)20-9-5-8-18(15-20)14-17-6-3-2-4-7-17/h2-11,15-16H,12-14H2,1H3. The molecule has 0 atom stereocenters. The summed E-state index contributed by atoms with van der Waals surface area (Å²) >= 11 is 0. The second-order valence-electron chi connectivity index (χ2n) is 7.08. The molecule has 1 saturated heterocycles. The van der Waals surface area contributed by atoms with Crippen molar-refractivity contribution in [2.24, 2.45) is 0 Å². The molecular formula is C24H21FN2O3. The van der Waals surface area contributed by atoms with Crippen molar-refractivity contribution in [1.82, 2.24) is 0 Å². The third-order valence-corrected chi connectivity index (χ3v) is 5.14. The normalized spacial score (nSPS) is 13.6. The van der Waals surface area contributed by atoms with Crippen molar-refractivity contribution in [1.29, 1.82) is 0 Å². The van der Waals surface area contributed by atoms with E-state index in [1.165, 1.54) is 29.7 Å². The first-order valence-corrected chi connectivity index (χ1v) is 9.66. The minimum atomic E-state index is -0.633. The predicted octanol–water partition coefficient (Wildman–Crippen LogP) is 4.65. The van der Waals surface area contributed by atoms with Crippen molar-refractivity contribution in [2.75, 3.05) is 30.0 Å². The number of hydrogen-bond donors (Lipinski definition) is 0. The molecule has 0 unspecified atom stereocenters. The number of amides is 2. The monoisotopic (exact) mass is 404 g/mol. The molecule has 1 aliphatic heterocycles. The van der Waals surface area contributed by atoms with Crippen LogP contribution in [0.4, 0.5) is 20.6 Å². The fourth-order valence-corrected chi connectivity index (χ4v) is 3.64. The Hall–Kier alpha value is -3.67. The van der Waals surface area contributed by atoms with Gasteiger partial charge < -0.3 is 4.74 Å². The van der Waals surface area contributed by atoms with E-state index in [2.05, 4.69) is 16.9 Å². The Bertz CT molecular complexity index is 1080. The summed E-state index contributed by atoms with van der Waals surface area (Å²) in [6.07, 6.45) is 0.768. The van der Waals surface area contributed by atoms with Crippen LogP contribution in [-0.2, 0) is 11.2 Å². The highest BCUT2D eigenvalue weighted by Gasteiger charge is 2.32. The van der Waals surface area contributed by atoms with Crippen LogP contribution in [0.3, 0.4) is 0 Å². The van der Waals surface area contributed by atoms with Crippen LogP contribution in [0, 0.1) is 5.82 Å². The average Bonchev–Trinajstić information content (AvgIpc) is 3.15. The number of hydrogen-bond acceptors (Lipinski definition) is 3. The quantitative estimate of drug-likeness (QED) is 0.582. The van der Waals surface area contributed by atoms with Crippen molar-refractivity contribution in [3.63, 3.8) is 0 Å². The molecule has 3 aromatic carbocycles. The van der Waals surface area contributed by atoms with Gasteiger partial charge in [-0.05, 0) is 47.9 Å². The Kier molecular flexibility index (Phi) is 5.48. The van der Waals surface area contributed by atoms with E-state index < -0.39 is 11.8 Å². The third-order valence-electron chi connectivity index (χ3n) is 5.14. The number of rotatable bonds is 5. The zero-order valence-electron chi connectivity index (χ0n) is 16.5. The van der Waals surface area contributed by atoms with E-state index in [9.17, 15) is 14.0 Å². The van der Waals surface area contributed by atoms with E-state index in [0.717, 1.165) is 23.7 Å². The van der Waals surface area contributed by atoms with Gasteiger partial charge in [0.15, 0.2) is 0 Å². The zero-order chi connectivity index (χ0) is 21.1. The third kappa shape index (κ3) is 3.89. The van der Waals surface area contributed by atoms with Crippen molar-refractivity contribution in [3.05, 3.63) is 95.3 Å². The van der Waals surface area contributed by atoms with Gasteiger partial charge in [-0.2, -0.15) is 0 Å². The molecule has 1 fully saturated rings. The lowest BCUT2D eigenvalue weighted by molar-refractivity contribution is 0.0600. The van der Waals surface area contributed by atoms with Gasteiger partial charge in [-0.15, -0.1) is 0 Å². The first-order chi connectivity index (χ1) is 14.6. The number of esters is 1. The highest BCUT2D eigenvalue weighted by Crippen LogP contribution is 2.28. The average molecular weight is 404 g/mol. The molecular weight excluding hydrogens is 383 g/mol. The largest absolute Gasteiger partial charge is 0.465 e. The summed E-state index contributed by atoms with van der Waals surface area (Å²) in [6, 6.07) is 21.6. The highest BCUT2D eigenvalue weighted by atomic mass is 19.1. The van der Waals surface area contributed by atoms with Gasteiger partial charge in [0.2, 0.25) is 0 Å². The van der Waals surface area contributed by atoms with E-state index in [4.69, 9.17) is 0 Å². The van der Waals surface area contributed by atoms with Gasteiger partial charge in [0, 0.05) is 18.8 Å². The van der Waals surface area contributed by atoms with Crippen LogP contribution in [-0.4, -0.2) is 32.2 Å². The predicted molar refractivity (Wildman–Crippen MR) is 114 cm³/mol. The summed E-state index contributed by atoms with van der Waals surface area (Å²) in [5.41, 5.74) is 3.32. The minimum absolute atomic E-state index is 0.107. The van der Waals surface area contributed by atoms with E-state index in [0.29, 0.717) is 13.1 Å². The van der Waals surface area contributed by atoms with Crippen LogP contribution in [0.25, 0.3) is 0 Å². The molecule has 0 saturated carbocycles. The second-order valence-corrected chi connectivity index (χ2v) is 7.08. The summed E-state index contributed by atoms with van der Waals surface area (Å²) in [4.78, 5) is 27.6. The lowest BCUT2D eigenvalue weighted by Gasteiger charge is -2.20. The molecule has 30 heavy (non-hydrogen) atoms. The van der Waals surface area contributed by atoms with Crippen LogP contribution < -0.4 is 9.80 Å². The van der Waals surface area contributed by atoms with Crippen molar-refractivity contribution in [2.45, 2.75) is 6.42 Å². The molecule has 0 aromatic heterocycles. The Morgan fingerprint density at radius 1 is 0.933 bits per heavy atom. The molecule has 0 N–H and O–H groups in total. The first kappa shape index (κ1) is 19.6. The van der Waals surface area contributed by atoms with E-state index >= 15 is 0 Å². The fourth-order valence-electron chi connectivity index (χ4n) is 3.64. The Morgan fingerprint density at radius 2 is 1.67 bits per heavy atom. The molecule has 152 valence electrons. The van der Waals surface area contributed by atoms with Crippen molar-refractivity contribution >= 4 is 23.4 Å². The van der Waals surface area contributed by atoms with Crippen molar-refractivity contribution in [3.8, 4) is 0 Å². The maximum atomic E-state index is 14.6. The van der Waals surface area contributed by atoms with Gasteiger partial charge in [-0.3, -0.25) is 9.80 Å². The maximum Gasteiger partial charge on any atom is 0.337 e. The van der Waals surface area contributed by atoms with Gasteiger partial charge in [0.25, 0.3) is 0 Å². The van der Waals surface area contributed by atoms with Gasteiger partial charge in [-0.25, -0.2) is 14.0 Å². The van der Waals surface area contributed by atoms with E-state index in [1.807, 2.05) is 42.5 Å². The number of anilines is 2. The Morgan fingerprint density at radius 3 is 2.40 bits per heavy atom. The Balaban J connectivity index is 1.54. The number of urea groups is 1. The molecule has 1 aliphatic rings. The minimum Gasteiger partial charge on any atom is -0.465 e. The molecule has 2 amide bonds. The maximum absolute atomic E-state index is 14.6. The summed E-state index contributed by atoms with van der Waals surface area (Å²) in [7, 11) is 1.24. The molecule has 1 heterocycles. The molecule has 0 aliphatic carbocycles. The topological polar surface area (TPSA) is 49.9 Å². The van der Waals surface area contributed by atoms with Gasteiger partial charge in [0.1, 0.15) is 5.82 Å². The van der Waals surface area contributed by atoms with Crippen LogP contribution in [0.5, 0.6) is 0 Å². The molecule has 5 nitrogen and oxygen atoms in total. The zero-order valence-corrected chi connectivity index (χ0v) is 16.5. The number of nitrogens with zero attached hydrogens (tertiary/aromatic N) is 2.